The number of aryl methyl sites for hydroxylation is 2. The molecule has 2 aromatic carbocycles. The molecule has 2 N–H and O–H groups in total. The highest BCUT2D eigenvalue weighted by Crippen LogP contribution is 2.34. The van der Waals surface area contributed by atoms with E-state index in [-0.39, 0.29) is 10.9 Å². The lowest BCUT2D eigenvalue weighted by molar-refractivity contribution is 0.0951. The van der Waals surface area contributed by atoms with Crippen molar-refractivity contribution in [2.24, 2.45) is 0 Å². The predicted molar refractivity (Wildman–Crippen MR) is 126 cm³/mol. The molecule has 1 heterocycles. The summed E-state index contributed by atoms with van der Waals surface area (Å²) in [6, 6.07) is 12.5. The second kappa shape index (κ2) is 8.82. The van der Waals surface area contributed by atoms with Crippen molar-refractivity contribution in [1.29, 1.82) is 0 Å². The third-order valence-electron chi connectivity index (χ3n) is 4.03. The lowest BCUT2D eigenvalue weighted by atomic mass is 10.1. The van der Waals surface area contributed by atoms with Crippen LogP contribution in [0.4, 0.5) is 5.69 Å². The van der Waals surface area contributed by atoms with E-state index in [1.807, 2.05) is 19.9 Å². The van der Waals surface area contributed by atoms with E-state index in [1.165, 1.54) is 3.57 Å². The Bertz CT molecular complexity index is 1080. The lowest BCUT2D eigenvalue weighted by Gasteiger charge is -2.13. The number of thiocarbonyl (C=S) groups is 1. The van der Waals surface area contributed by atoms with Gasteiger partial charge in [-0.25, -0.2) is 0 Å². The van der Waals surface area contributed by atoms with Crippen LogP contribution in [0.3, 0.4) is 0 Å². The Kier molecular flexibility index (Phi) is 6.65. The SMILES string of the molecule is Cc1cc(NC(=S)NC(=O)c2ccc(-c3cccc(Cl)c3Cl)o2)c(C)cc1I. The monoisotopic (exact) mass is 544 g/mol. The molecule has 4 nitrogen and oxygen atoms in total. The molecule has 0 fully saturated rings. The number of halogens is 3. The molecule has 0 aliphatic rings. The molecule has 0 saturated carbocycles. The molecule has 0 bridgehead atoms. The number of anilines is 1. The summed E-state index contributed by atoms with van der Waals surface area (Å²) >= 11 is 19.8. The first kappa shape index (κ1) is 21.1. The standard InChI is InChI=1S/C20H15Cl2IN2O2S/c1-10-9-15(11(2)8-14(10)23)24-20(28)25-19(26)17-7-6-16(27-17)12-4-3-5-13(21)18(12)22/h3-9H,1-2H3,(H2,24,25,26,28). The summed E-state index contributed by atoms with van der Waals surface area (Å²) < 4.78 is 6.80. The van der Waals surface area contributed by atoms with Gasteiger partial charge in [-0.2, -0.15) is 0 Å². The van der Waals surface area contributed by atoms with Gasteiger partial charge in [-0.1, -0.05) is 29.3 Å². The molecule has 3 rings (SSSR count). The Morgan fingerprint density at radius 3 is 2.61 bits per heavy atom. The van der Waals surface area contributed by atoms with Gasteiger partial charge in [0.15, 0.2) is 10.9 Å². The van der Waals surface area contributed by atoms with Gasteiger partial charge in [0.1, 0.15) is 5.76 Å². The van der Waals surface area contributed by atoms with Crippen LogP contribution in [-0.4, -0.2) is 11.0 Å². The number of carbonyl (C=O) groups is 1. The second-order valence-corrected chi connectivity index (χ2v) is 8.45. The highest BCUT2D eigenvalue weighted by atomic mass is 127. The fourth-order valence-corrected chi connectivity index (χ4v) is 3.75. The third-order valence-corrected chi connectivity index (χ3v) is 6.21. The van der Waals surface area contributed by atoms with Crippen LogP contribution >= 0.6 is 58.0 Å². The molecular formula is C20H15Cl2IN2O2S. The van der Waals surface area contributed by atoms with Crippen molar-refractivity contribution in [2.45, 2.75) is 13.8 Å². The smallest absolute Gasteiger partial charge is 0.293 e. The van der Waals surface area contributed by atoms with Crippen LogP contribution in [-0.2, 0) is 0 Å². The van der Waals surface area contributed by atoms with E-state index < -0.39 is 5.91 Å². The topological polar surface area (TPSA) is 54.3 Å². The quantitative estimate of drug-likeness (QED) is 0.288. The maximum atomic E-state index is 12.5. The van der Waals surface area contributed by atoms with Crippen LogP contribution in [0.1, 0.15) is 21.7 Å². The Morgan fingerprint density at radius 2 is 1.86 bits per heavy atom. The number of furan rings is 1. The van der Waals surface area contributed by atoms with Crippen molar-refractivity contribution in [1.82, 2.24) is 5.32 Å². The molecular weight excluding hydrogens is 530 g/mol. The van der Waals surface area contributed by atoms with Gasteiger partial charge in [-0.15, -0.1) is 0 Å². The van der Waals surface area contributed by atoms with Crippen LogP contribution in [0.2, 0.25) is 10.0 Å². The fourth-order valence-electron chi connectivity index (χ4n) is 2.53. The van der Waals surface area contributed by atoms with Crippen molar-refractivity contribution in [3.63, 3.8) is 0 Å². The van der Waals surface area contributed by atoms with Crippen LogP contribution < -0.4 is 10.6 Å². The van der Waals surface area contributed by atoms with E-state index in [9.17, 15) is 4.79 Å². The normalized spacial score (nSPS) is 10.6. The number of benzene rings is 2. The first-order chi connectivity index (χ1) is 13.3. The molecule has 3 aromatic rings. The van der Waals surface area contributed by atoms with E-state index in [4.69, 9.17) is 39.8 Å². The van der Waals surface area contributed by atoms with Crippen LogP contribution in [0.25, 0.3) is 11.3 Å². The molecule has 0 unspecified atom stereocenters. The van der Waals surface area contributed by atoms with Gasteiger partial charge >= 0.3 is 0 Å². The minimum Gasteiger partial charge on any atom is -0.451 e. The zero-order chi connectivity index (χ0) is 20.4. The molecule has 8 heteroatoms. The number of carbonyl (C=O) groups excluding carboxylic acids is 1. The Balaban J connectivity index is 1.72. The van der Waals surface area contributed by atoms with Crippen LogP contribution in [0.15, 0.2) is 46.9 Å². The highest BCUT2D eigenvalue weighted by molar-refractivity contribution is 14.1. The number of nitrogens with one attached hydrogen (secondary N) is 2. The van der Waals surface area contributed by atoms with Gasteiger partial charge in [0.2, 0.25) is 0 Å². The third kappa shape index (κ3) is 4.68. The summed E-state index contributed by atoms with van der Waals surface area (Å²) in [5.41, 5.74) is 3.60. The summed E-state index contributed by atoms with van der Waals surface area (Å²) in [6.45, 7) is 3.99. The molecule has 1 amide bonds. The average Bonchev–Trinajstić information content (AvgIpc) is 3.12. The molecule has 1 aromatic heterocycles. The fraction of sp³-hybridized carbons (Fsp3) is 0.100. The molecule has 0 aliphatic carbocycles. The van der Waals surface area contributed by atoms with E-state index in [2.05, 4.69) is 39.3 Å². The molecule has 28 heavy (non-hydrogen) atoms. The minimum absolute atomic E-state index is 0.116. The Morgan fingerprint density at radius 1 is 1.11 bits per heavy atom. The molecule has 0 atom stereocenters. The average molecular weight is 545 g/mol. The maximum absolute atomic E-state index is 12.5. The summed E-state index contributed by atoms with van der Waals surface area (Å²) in [4.78, 5) is 12.5. The predicted octanol–water partition coefficient (Wildman–Crippen LogP) is 6.60. The van der Waals surface area contributed by atoms with Crippen LogP contribution in [0.5, 0.6) is 0 Å². The van der Waals surface area contributed by atoms with Gasteiger partial charge < -0.3 is 9.73 Å². The zero-order valence-electron chi connectivity index (χ0n) is 14.9. The van der Waals surface area contributed by atoms with Gasteiger partial charge in [0, 0.05) is 14.8 Å². The van der Waals surface area contributed by atoms with E-state index in [0.717, 1.165) is 16.8 Å². The van der Waals surface area contributed by atoms with Gasteiger partial charge in [-0.3, -0.25) is 10.1 Å². The van der Waals surface area contributed by atoms with Crippen molar-refractivity contribution in [3.8, 4) is 11.3 Å². The van der Waals surface area contributed by atoms with Crippen molar-refractivity contribution < 1.29 is 9.21 Å². The molecule has 0 aliphatic heterocycles. The van der Waals surface area contributed by atoms with Gasteiger partial charge in [0.25, 0.3) is 5.91 Å². The summed E-state index contributed by atoms with van der Waals surface area (Å²) in [7, 11) is 0. The van der Waals surface area contributed by atoms with Crippen molar-refractivity contribution in [2.75, 3.05) is 5.32 Å². The Hall–Kier alpha value is -1.61. The lowest BCUT2D eigenvalue weighted by Crippen LogP contribution is -2.34. The zero-order valence-corrected chi connectivity index (χ0v) is 19.4. The Labute approximate surface area is 191 Å². The summed E-state index contributed by atoms with van der Waals surface area (Å²) in [6.07, 6.45) is 0. The minimum atomic E-state index is -0.457. The maximum Gasteiger partial charge on any atom is 0.293 e. The van der Waals surface area contributed by atoms with Gasteiger partial charge in [0.05, 0.1) is 10.0 Å². The summed E-state index contributed by atoms with van der Waals surface area (Å²) in [5, 5.41) is 6.64. The van der Waals surface area contributed by atoms with Crippen LogP contribution in [0, 0.1) is 17.4 Å². The number of hydrogen-bond donors (Lipinski definition) is 2. The first-order valence-corrected chi connectivity index (χ1v) is 10.4. The highest BCUT2D eigenvalue weighted by Gasteiger charge is 2.16. The molecule has 0 radical (unpaired) electrons. The number of hydrogen-bond acceptors (Lipinski definition) is 3. The first-order valence-electron chi connectivity index (χ1n) is 8.19. The number of rotatable bonds is 3. The molecule has 144 valence electrons. The van der Waals surface area contributed by atoms with Crippen molar-refractivity contribution >= 4 is 74.7 Å². The number of amides is 1. The molecule has 0 spiro atoms. The largest absolute Gasteiger partial charge is 0.451 e. The van der Waals surface area contributed by atoms with E-state index in [1.54, 1.807) is 30.3 Å². The van der Waals surface area contributed by atoms with E-state index >= 15 is 0 Å². The second-order valence-electron chi connectivity index (χ2n) is 6.09. The molecule has 0 saturated heterocycles. The van der Waals surface area contributed by atoms with Crippen molar-refractivity contribution in [3.05, 3.63) is 73.0 Å². The van der Waals surface area contributed by atoms with Gasteiger partial charge in [-0.05, 0) is 96.2 Å². The van der Waals surface area contributed by atoms with E-state index in [0.29, 0.717) is 21.4 Å². The summed E-state index contributed by atoms with van der Waals surface area (Å²) in [5.74, 6) is 0.105.